The van der Waals surface area contributed by atoms with Gasteiger partial charge in [0.05, 0.1) is 19.4 Å². The molecule has 1 aliphatic rings. The van der Waals surface area contributed by atoms with E-state index in [0.717, 1.165) is 0 Å². The molecule has 0 saturated carbocycles. The summed E-state index contributed by atoms with van der Waals surface area (Å²) in [5.41, 5.74) is 0.548. The summed E-state index contributed by atoms with van der Waals surface area (Å²) in [6.45, 7) is 0.668. The van der Waals surface area contributed by atoms with E-state index >= 15 is 0 Å². The van der Waals surface area contributed by atoms with Crippen LogP contribution in [0.4, 0.5) is 4.39 Å². The lowest BCUT2D eigenvalue weighted by Gasteiger charge is -2.16. The van der Waals surface area contributed by atoms with Crippen molar-refractivity contribution in [2.45, 2.75) is 12.8 Å². The van der Waals surface area contributed by atoms with Crippen LogP contribution in [0, 0.1) is 11.7 Å². The van der Waals surface area contributed by atoms with Gasteiger partial charge in [-0.3, -0.25) is 9.59 Å². The molecule has 1 unspecified atom stereocenters. The maximum atomic E-state index is 13.5. The van der Waals surface area contributed by atoms with E-state index in [1.807, 2.05) is 0 Å². The second-order valence-electron chi connectivity index (χ2n) is 4.81. The Balaban J connectivity index is 0.00000220. The molecular weight excluding hydrogens is 301 g/mol. The lowest BCUT2D eigenvalue weighted by molar-refractivity contribution is -0.141. The number of carbonyl (C=O) groups is 2. The molecule has 1 saturated heterocycles. The first kappa shape index (κ1) is 17.2. The molecule has 1 fully saturated rings. The number of rotatable bonds is 4. The number of methoxy groups -OCH3 is 1. The standard InChI is InChI=1S/C14H16FNO4.ClH/c1-20-12-3-2-9(6-11(12)15)7-13(17)16-5-4-10(8-16)14(18)19;/h2-3,6,10H,4-5,7-8H2,1H3,(H,18,19);1H. The third-order valence-electron chi connectivity index (χ3n) is 3.46. The van der Waals surface area contributed by atoms with Gasteiger partial charge in [0.15, 0.2) is 11.6 Å². The van der Waals surface area contributed by atoms with E-state index in [0.29, 0.717) is 18.5 Å². The second-order valence-corrected chi connectivity index (χ2v) is 4.81. The van der Waals surface area contributed by atoms with Crippen molar-refractivity contribution >= 4 is 24.3 Å². The van der Waals surface area contributed by atoms with E-state index in [-0.39, 0.29) is 37.0 Å². The first-order valence-electron chi connectivity index (χ1n) is 6.34. The van der Waals surface area contributed by atoms with Crippen molar-refractivity contribution in [3.8, 4) is 5.75 Å². The zero-order valence-electron chi connectivity index (χ0n) is 11.5. The number of nitrogens with zero attached hydrogens (tertiary/aromatic N) is 1. The van der Waals surface area contributed by atoms with E-state index in [4.69, 9.17) is 9.84 Å². The van der Waals surface area contributed by atoms with Gasteiger partial charge >= 0.3 is 5.97 Å². The van der Waals surface area contributed by atoms with Crippen LogP contribution in [-0.4, -0.2) is 42.1 Å². The lowest BCUT2D eigenvalue weighted by Crippen LogP contribution is -2.31. The minimum absolute atomic E-state index is 0. The molecule has 0 spiro atoms. The van der Waals surface area contributed by atoms with Crippen molar-refractivity contribution in [2.24, 2.45) is 5.92 Å². The van der Waals surface area contributed by atoms with E-state index in [9.17, 15) is 14.0 Å². The fourth-order valence-electron chi connectivity index (χ4n) is 2.29. The molecule has 5 nitrogen and oxygen atoms in total. The maximum absolute atomic E-state index is 13.5. The Morgan fingerprint density at radius 2 is 2.19 bits per heavy atom. The molecule has 0 radical (unpaired) electrons. The molecule has 1 heterocycles. The molecule has 1 aromatic carbocycles. The third-order valence-corrected chi connectivity index (χ3v) is 3.46. The Hall–Kier alpha value is -1.82. The number of carbonyl (C=O) groups excluding carboxylic acids is 1. The van der Waals surface area contributed by atoms with Crippen molar-refractivity contribution < 1.29 is 23.8 Å². The molecule has 116 valence electrons. The Morgan fingerprint density at radius 1 is 1.48 bits per heavy atom. The summed E-state index contributed by atoms with van der Waals surface area (Å²) in [7, 11) is 1.37. The predicted molar refractivity (Wildman–Crippen MR) is 76.2 cm³/mol. The van der Waals surface area contributed by atoms with Crippen molar-refractivity contribution in [1.82, 2.24) is 4.90 Å². The van der Waals surface area contributed by atoms with Crippen molar-refractivity contribution in [3.05, 3.63) is 29.6 Å². The van der Waals surface area contributed by atoms with Crippen LogP contribution in [0.1, 0.15) is 12.0 Å². The van der Waals surface area contributed by atoms with Crippen molar-refractivity contribution in [3.63, 3.8) is 0 Å². The number of aliphatic carboxylic acids is 1. The fraction of sp³-hybridized carbons (Fsp3) is 0.429. The quantitative estimate of drug-likeness (QED) is 0.918. The van der Waals surface area contributed by atoms with Gasteiger partial charge in [0.2, 0.25) is 5.91 Å². The molecule has 1 N–H and O–H groups in total. The topological polar surface area (TPSA) is 66.8 Å². The zero-order chi connectivity index (χ0) is 14.7. The van der Waals surface area contributed by atoms with Crippen LogP contribution in [0.2, 0.25) is 0 Å². The molecule has 0 bridgehead atoms. The number of halogens is 2. The highest BCUT2D eigenvalue weighted by molar-refractivity contribution is 5.85. The number of benzene rings is 1. The Labute approximate surface area is 128 Å². The molecule has 1 aliphatic heterocycles. The Bertz CT molecular complexity index is 538. The number of ether oxygens (including phenoxy) is 1. The smallest absolute Gasteiger partial charge is 0.308 e. The van der Waals surface area contributed by atoms with Gasteiger partial charge in [-0.2, -0.15) is 0 Å². The summed E-state index contributed by atoms with van der Waals surface area (Å²) in [4.78, 5) is 24.4. The van der Waals surface area contributed by atoms with Crippen LogP contribution in [0.5, 0.6) is 5.75 Å². The minimum Gasteiger partial charge on any atom is -0.494 e. The monoisotopic (exact) mass is 317 g/mol. The molecule has 0 aliphatic carbocycles. The van der Waals surface area contributed by atoms with E-state index in [1.54, 1.807) is 6.07 Å². The van der Waals surface area contributed by atoms with Crippen LogP contribution in [0.25, 0.3) is 0 Å². The Morgan fingerprint density at radius 3 is 2.71 bits per heavy atom. The van der Waals surface area contributed by atoms with Gasteiger partial charge in [-0.15, -0.1) is 12.4 Å². The van der Waals surface area contributed by atoms with Crippen LogP contribution in [0.3, 0.4) is 0 Å². The minimum atomic E-state index is -0.879. The first-order chi connectivity index (χ1) is 9.51. The molecule has 7 heteroatoms. The highest BCUT2D eigenvalue weighted by atomic mass is 35.5. The summed E-state index contributed by atoms with van der Waals surface area (Å²) < 4.78 is 18.3. The molecule has 2 rings (SSSR count). The number of hydrogen-bond donors (Lipinski definition) is 1. The van der Waals surface area contributed by atoms with Gasteiger partial charge in [0.1, 0.15) is 0 Å². The zero-order valence-corrected chi connectivity index (χ0v) is 12.4. The summed E-state index contributed by atoms with van der Waals surface area (Å²) >= 11 is 0. The van der Waals surface area contributed by atoms with Gasteiger partial charge in [0, 0.05) is 13.1 Å². The first-order valence-corrected chi connectivity index (χ1v) is 6.34. The van der Waals surface area contributed by atoms with Crippen LogP contribution in [-0.2, 0) is 16.0 Å². The summed E-state index contributed by atoms with van der Waals surface area (Å²) in [5.74, 6) is -1.93. The summed E-state index contributed by atoms with van der Waals surface area (Å²) in [6.07, 6.45) is 0.533. The van der Waals surface area contributed by atoms with Crippen LogP contribution >= 0.6 is 12.4 Å². The third kappa shape index (κ3) is 4.07. The number of hydrogen-bond acceptors (Lipinski definition) is 3. The van der Waals surface area contributed by atoms with Crippen LogP contribution in [0.15, 0.2) is 18.2 Å². The fourth-order valence-corrected chi connectivity index (χ4v) is 2.29. The SMILES string of the molecule is COc1ccc(CC(=O)N2CCC(C(=O)O)C2)cc1F.Cl. The van der Waals surface area contributed by atoms with Crippen molar-refractivity contribution in [1.29, 1.82) is 0 Å². The number of carboxylic acid groups (broad SMARTS) is 1. The van der Waals surface area contributed by atoms with Gasteiger partial charge in [-0.05, 0) is 24.1 Å². The summed E-state index contributed by atoms with van der Waals surface area (Å²) in [5, 5.41) is 8.90. The predicted octanol–water partition coefficient (Wildman–Crippen LogP) is 1.73. The number of carboxylic acids is 1. The normalized spacial score (nSPS) is 17.2. The van der Waals surface area contributed by atoms with Gasteiger partial charge in [-0.1, -0.05) is 6.07 Å². The molecular formula is C14H17ClFNO4. The lowest BCUT2D eigenvalue weighted by atomic mass is 10.1. The van der Waals surface area contributed by atoms with E-state index in [2.05, 4.69) is 0 Å². The van der Waals surface area contributed by atoms with Crippen LogP contribution < -0.4 is 4.74 Å². The van der Waals surface area contributed by atoms with Gasteiger partial charge in [0.25, 0.3) is 0 Å². The van der Waals surface area contributed by atoms with E-state index < -0.39 is 17.7 Å². The second kappa shape index (κ2) is 7.26. The van der Waals surface area contributed by atoms with Gasteiger partial charge in [-0.25, -0.2) is 4.39 Å². The number of amides is 1. The molecule has 1 atom stereocenters. The maximum Gasteiger partial charge on any atom is 0.308 e. The number of likely N-dealkylation sites (tertiary alicyclic amines) is 1. The summed E-state index contributed by atoms with van der Waals surface area (Å²) in [6, 6.07) is 4.37. The van der Waals surface area contributed by atoms with E-state index in [1.165, 1.54) is 24.1 Å². The average Bonchev–Trinajstić information content (AvgIpc) is 2.88. The Kier molecular flexibility index (Phi) is 5.96. The molecule has 1 amide bonds. The molecule has 21 heavy (non-hydrogen) atoms. The highest BCUT2D eigenvalue weighted by Crippen LogP contribution is 2.20. The van der Waals surface area contributed by atoms with Crippen molar-refractivity contribution in [2.75, 3.05) is 20.2 Å². The highest BCUT2D eigenvalue weighted by Gasteiger charge is 2.30. The molecule has 0 aromatic heterocycles. The van der Waals surface area contributed by atoms with Gasteiger partial charge < -0.3 is 14.7 Å². The average molecular weight is 318 g/mol. The molecule has 1 aromatic rings. The largest absolute Gasteiger partial charge is 0.494 e.